The Kier molecular flexibility index (Phi) is 1.77. The Labute approximate surface area is 96.7 Å². The normalized spacial score (nSPS) is 54.9. The number of hydrogen-bond acceptors (Lipinski definition) is 3. The minimum absolute atomic E-state index is 0.0427. The van der Waals surface area contributed by atoms with Gasteiger partial charge in [0.2, 0.25) is 0 Å². The lowest BCUT2D eigenvalue weighted by Crippen LogP contribution is -2.45. The highest BCUT2D eigenvalue weighted by atomic mass is 127. The average Bonchev–Trinajstić information content (AvgIpc) is 2.78. The summed E-state index contributed by atoms with van der Waals surface area (Å²) in [7, 11) is 0. The van der Waals surface area contributed by atoms with Gasteiger partial charge in [-0.25, -0.2) is 0 Å². The summed E-state index contributed by atoms with van der Waals surface area (Å²) in [5.41, 5.74) is -0.407. The van der Waals surface area contributed by atoms with Crippen molar-refractivity contribution in [1.82, 2.24) is 0 Å². The molecule has 2 bridgehead atoms. The summed E-state index contributed by atoms with van der Waals surface area (Å²) in [6, 6.07) is 0. The fourth-order valence-electron chi connectivity index (χ4n) is 3.33. The number of esters is 1. The number of halogens is 1. The average molecular weight is 308 g/mol. The van der Waals surface area contributed by atoms with E-state index in [9.17, 15) is 4.79 Å². The van der Waals surface area contributed by atoms with Crippen molar-refractivity contribution in [2.45, 2.75) is 31.5 Å². The number of carbonyl (C=O) groups is 1. The van der Waals surface area contributed by atoms with E-state index in [1.807, 2.05) is 6.92 Å². The van der Waals surface area contributed by atoms with Crippen LogP contribution < -0.4 is 0 Å². The summed E-state index contributed by atoms with van der Waals surface area (Å²) in [5, 5.41) is 0. The highest BCUT2D eigenvalue weighted by molar-refractivity contribution is 14.1. The lowest BCUT2D eigenvalue weighted by molar-refractivity contribution is -0.149. The standard InChI is InChI=1S/C10H13IO3/c1-9-6(4-13-8(9)12)10(5-11)3-2-7(9)14-10/h6-7H,2-5H2,1H3/t6-,7-,9+,10-/m0/s1. The molecule has 0 aliphatic carbocycles. The van der Waals surface area contributed by atoms with Gasteiger partial charge in [-0.2, -0.15) is 0 Å². The van der Waals surface area contributed by atoms with Crippen LogP contribution in [0.2, 0.25) is 0 Å². The molecule has 3 fully saturated rings. The van der Waals surface area contributed by atoms with E-state index in [1.54, 1.807) is 0 Å². The van der Waals surface area contributed by atoms with Crippen molar-refractivity contribution in [3.63, 3.8) is 0 Å². The van der Waals surface area contributed by atoms with E-state index in [2.05, 4.69) is 22.6 Å². The van der Waals surface area contributed by atoms with Crippen LogP contribution in [0, 0.1) is 11.3 Å². The van der Waals surface area contributed by atoms with Gasteiger partial charge in [-0.05, 0) is 19.8 Å². The van der Waals surface area contributed by atoms with E-state index in [0.717, 1.165) is 17.3 Å². The van der Waals surface area contributed by atoms with E-state index in [0.29, 0.717) is 6.61 Å². The van der Waals surface area contributed by atoms with Crippen molar-refractivity contribution in [1.29, 1.82) is 0 Å². The molecule has 0 spiro atoms. The number of ether oxygens (including phenoxy) is 2. The Morgan fingerprint density at radius 1 is 1.64 bits per heavy atom. The molecule has 78 valence electrons. The molecule has 4 atom stereocenters. The molecule has 0 amide bonds. The zero-order valence-electron chi connectivity index (χ0n) is 8.09. The van der Waals surface area contributed by atoms with Gasteiger partial charge >= 0.3 is 5.97 Å². The molecule has 3 rings (SSSR count). The summed E-state index contributed by atoms with van der Waals surface area (Å²) in [6.45, 7) is 2.58. The molecule has 0 unspecified atom stereocenters. The first-order valence-electron chi connectivity index (χ1n) is 5.04. The minimum atomic E-state index is -0.344. The third-order valence-corrected chi connectivity index (χ3v) is 5.57. The van der Waals surface area contributed by atoms with Crippen LogP contribution in [0.15, 0.2) is 0 Å². The van der Waals surface area contributed by atoms with Gasteiger partial charge in [0.25, 0.3) is 0 Å². The molecule has 0 aromatic rings. The maximum absolute atomic E-state index is 11.7. The molecular weight excluding hydrogens is 295 g/mol. The predicted octanol–water partition coefficient (Wildman–Crippen LogP) is 1.53. The first kappa shape index (κ1) is 9.39. The second kappa shape index (κ2) is 2.64. The predicted molar refractivity (Wildman–Crippen MR) is 58.3 cm³/mol. The van der Waals surface area contributed by atoms with Crippen LogP contribution in [0.25, 0.3) is 0 Å². The van der Waals surface area contributed by atoms with Crippen LogP contribution in [0.5, 0.6) is 0 Å². The van der Waals surface area contributed by atoms with Gasteiger partial charge < -0.3 is 9.47 Å². The molecule has 0 N–H and O–H groups in total. The Hall–Kier alpha value is 0.160. The first-order valence-corrected chi connectivity index (χ1v) is 6.57. The first-order chi connectivity index (χ1) is 6.63. The highest BCUT2D eigenvalue weighted by Crippen LogP contribution is 2.61. The van der Waals surface area contributed by atoms with Crippen LogP contribution >= 0.6 is 22.6 Å². The van der Waals surface area contributed by atoms with Crippen molar-refractivity contribution >= 4 is 28.6 Å². The number of carbonyl (C=O) groups excluding carboxylic acids is 1. The van der Waals surface area contributed by atoms with Gasteiger partial charge in [0.1, 0.15) is 5.41 Å². The Bertz CT molecular complexity index is 306. The quantitative estimate of drug-likeness (QED) is 0.419. The minimum Gasteiger partial charge on any atom is -0.465 e. The van der Waals surface area contributed by atoms with Crippen LogP contribution in [0.1, 0.15) is 19.8 Å². The number of rotatable bonds is 1. The molecule has 3 aliphatic heterocycles. The lowest BCUT2D eigenvalue weighted by atomic mass is 9.65. The number of hydrogen-bond donors (Lipinski definition) is 0. The zero-order valence-corrected chi connectivity index (χ0v) is 10.2. The molecule has 0 aromatic carbocycles. The summed E-state index contributed by atoms with van der Waals surface area (Å²) in [5.74, 6) is 0.247. The summed E-state index contributed by atoms with van der Waals surface area (Å²) >= 11 is 2.37. The van der Waals surface area contributed by atoms with Gasteiger partial charge in [0.15, 0.2) is 0 Å². The van der Waals surface area contributed by atoms with Crippen molar-refractivity contribution in [2.24, 2.45) is 11.3 Å². The smallest absolute Gasteiger partial charge is 0.314 e. The summed E-state index contributed by atoms with van der Waals surface area (Å²) < 4.78 is 12.2. The molecule has 0 aromatic heterocycles. The molecule has 3 saturated heterocycles. The van der Waals surface area contributed by atoms with E-state index >= 15 is 0 Å². The van der Waals surface area contributed by atoms with Crippen molar-refractivity contribution in [3.8, 4) is 0 Å². The number of cyclic esters (lactones) is 1. The molecule has 0 saturated carbocycles. The number of alkyl halides is 1. The van der Waals surface area contributed by atoms with E-state index < -0.39 is 0 Å². The monoisotopic (exact) mass is 308 g/mol. The van der Waals surface area contributed by atoms with Gasteiger partial charge in [-0.1, -0.05) is 22.6 Å². The van der Waals surface area contributed by atoms with Gasteiger partial charge in [0, 0.05) is 10.3 Å². The largest absolute Gasteiger partial charge is 0.465 e. The lowest BCUT2D eigenvalue weighted by Gasteiger charge is -2.33. The van der Waals surface area contributed by atoms with E-state index in [1.165, 1.54) is 0 Å². The Morgan fingerprint density at radius 3 is 3.14 bits per heavy atom. The van der Waals surface area contributed by atoms with E-state index in [-0.39, 0.29) is 29.0 Å². The zero-order chi connectivity index (χ0) is 9.97. The molecular formula is C10H13IO3. The van der Waals surface area contributed by atoms with Crippen molar-refractivity contribution in [2.75, 3.05) is 11.0 Å². The molecule has 0 radical (unpaired) electrons. The highest BCUT2D eigenvalue weighted by Gasteiger charge is 2.71. The molecule has 3 nitrogen and oxygen atoms in total. The van der Waals surface area contributed by atoms with E-state index in [4.69, 9.17) is 9.47 Å². The Balaban J connectivity index is 2.07. The fourth-order valence-corrected chi connectivity index (χ4v) is 4.42. The van der Waals surface area contributed by atoms with Gasteiger partial charge in [-0.15, -0.1) is 0 Å². The molecule has 14 heavy (non-hydrogen) atoms. The maximum Gasteiger partial charge on any atom is 0.314 e. The fraction of sp³-hybridized carbons (Fsp3) is 0.900. The van der Waals surface area contributed by atoms with Gasteiger partial charge in [0.05, 0.1) is 18.3 Å². The van der Waals surface area contributed by atoms with Crippen molar-refractivity contribution < 1.29 is 14.3 Å². The summed E-state index contributed by atoms with van der Waals surface area (Å²) in [6.07, 6.45) is 2.22. The Morgan fingerprint density at radius 2 is 2.43 bits per heavy atom. The maximum atomic E-state index is 11.7. The third-order valence-electron chi connectivity index (χ3n) is 4.28. The van der Waals surface area contributed by atoms with Crippen molar-refractivity contribution in [3.05, 3.63) is 0 Å². The second-order valence-electron chi connectivity index (χ2n) is 4.78. The van der Waals surface area contributed by atoms with Crippen LogP contribution in [0.4, 0.5) is 0 Å². The topological polar surface area (TPSA) is 35.5 Å². The third kappa shape index (κ3) is 0.813. The SMILES string of the molecule is C[C@@]12C(=O)OC[C@@H]1[C@@]1(CI)CC[C@@H]2O1. The molecule has 4 heteroatoms. The molecule has 3 heterocycles. The van der Waals surface area contributed by atoms with Crippen LogP contribution in [-0.4, -0.2) is 28.7 Å². The summed E-state index contributed by atoms with van der Waals surface area (Å²) in [4.78, 5) is 11.7. The van der Waals surface area contributed by atoms with Gasteiger partial charge in [-0.3, -0.25) is 4.79 Å². The second-order valence-corrected chi connectivity index (χ2v) is 5.54. The van der Waals surface area contributed by atoms with Crippen LogP contribution in [0.3, 0.4) is 0 Å². The number of fused-ring (bicyclic) bond motifs is 5. The van der Waals surface area contributed by atoms with Crippen LogP contribution in [-0.2, 0) is 14.3 Å². The molecule has 3 aliphatic rings.